The van der Waals surface area contributed by atoms with Crippen molar-refractivity contribution in [1.29, 1.82) is 0 Å². The zero-order valence-corrected chi connectivity index (χ0v) is 26.2. The Balaban J connectivity index is 2.01. The van der Waals surface area contributed by atoms with Crippen molar-refractivity contribution in [2.24, 2.45) is 0 Å². The molecule has 0 radical (unpaired) electrons. The number of hydrogen-bond acceptors (Lipinski definition) is 4. The molecular formula is C42H34O4. The fourth-order valence-electron chi connectivity index (χ4n) is 3.48. The summed E-state index contributed by atoms with van der Waals surface area (Å²) in [7, 11) is 1.62. The Morgan fingerprint density at radius 1 is 0.543 bits per heavy atom. The first-order valence-electron chi connectivity index (χ1n) is 14.8. The maximum atomic E-state index is 9.45. The smallest absolute Gasteiger partial charge is 0.128 e. The highest BCUT2D eigenvalue weighted by molar-refractivity contribution is 5.47. The van der Waals surface area contributed by atoms with Crippen molar-refractivity contribution in [1.82, 2.24) is 0 Å². The summed E-state index contributed by atoms with van der Waals surface area (Å²) in [6, 6.07) is 5.49. The highest BCUT2D eigenvalue weighted by Crippen LogP contribution is 2.25. The van der Waals surface area contributed by atoms with Gasteiger partial charge in [-0.15, -0.1) is 6.42 Å². The molecule has 0 aliphatic carbocycles. The molecule has 0 atom stereocenters. The van der Waals surface area contributed by atoms with Gasteiger partial charge in [-0.1, -0.05) is 51.4 Å². The van der Waals surface area contributed by atoms with Crippen molar-refractivity contribution in [3.05, 3.63) is 23.8 Å². The summed E-state index contributed by atoms with van der Waals surface area (Å²) in [5.41, 5.74) is 0.783. The van der Waals surface area contributed by atoms with E-state index < -0.39 is 0 Å². The SMILES string of the molecule is C#CC#CC#CC#CC#CC#CC#CC#CC#CC#CC#COCCCCCCCCCCCCOc1cc(OC)ccc1CO. The van der Waals surface area contributed by atoms with E-state index in [2.05, 4.69) is 125 Å². The Hall–Kier alpha value is -6.26. The van der Waals surface area contributed by atoms with Gasteiger partial charge in [0.05, 0.1) is 20.3 Å². The van der Waals surface area contributed by atoms with Crippen LogP contribution in [0.25, 0.3) is 0 Å². The molecule has 0 unspecified atom stereocenters. The van der Waals surface area contributed by atoms with Crippen LogP contribution in [0.4, 0.5) is 0 Å². The van der Waals surface area contributed by atoms with Crippen molar-refractivity contribution in [3.8, 4) is 142 Å². The summed E-state index contributed by atoms with van der Waals surface area (Å²) >= 11 is 0. The molecule has 0 aliphatic heterocycles. The van der Waals surface area contributed by atoms with E-state index in [1.54, 1.807) is 7.11 Å². The number of hydrogen-bond donors (Lipinski definition) is 1. The van der Waals surface area contributed by atoms with Gasteiger partial charge in [0.25, 0.3) is 0 Å². The Bertz CT molecular complexity index is 1790. The molecule has 0 heterocycles. The first-order chi connectivity index (χ1) is 22.8. The van der Waals surface area contributed by atoms with E-state index in [9.17, 15) is 5.11 Å². The third-order valence-corrected chi connectivity index (χ3v) is 5.66. The first kappa shape index (κ1) is 37.8. The van der Waals surface area contributed by atoms with Crippen molar-refractivity contribution < 1.29 is 19.3 Å². The van der Waals surface area contributed by atoms with Gasteiger partial charge in [-0.25, -0.2) is 0 Å². The van der Waals surface area contributed by atoms with E-state index in [0.717, 1.165) is 37.0 Å². The lowest BCUT2D eigenvalue weighted by Crippen LogP contribution is -2.01. The molecule has 1 aromatic rings. The first-order valence-corrected chi connectivity index (χ1v) is 14.8. The minimum Gasteiger partial charge on any atom is -0.497 e. The second-order valence-electron chi connectivity index (χ2n) is 8.99. The number of ether oxygens (including phenoxy) is 3. The van der Waals surface area contributed by atoms with Crippen LogP contribution in [0.2, 0.25) is 0 Å². The molecule has 4 nitrogen and oxygen atoms in total. The summed E-state index contributed by atoms with van der Waals surface area (Å²) in [6.45, 7) is 1.21. The zero-order valence-electron chi connectivity index (χ0n) is 26.2. The van der Waals surface area contributed by atoms with Gasteiger partial charge in [-0.2, -0.15) is 0 Å². The lowest BCUT2D eigenvalue weighted by atomic mass is 10.1. The molecule has 1 rings (SSSR count). The fraction of sp³-hybridized carbons (Fsp3) is 0.333. The maximum Gasteiger partial charge on any atom is 0.128 e. The lowest BCUT2D eigenvalue weighted by molar-refractivity contribution is 0.258. The Morgan fingerprint density at radius 3 is 1.39 bits per heavy atom. The van der Waals surface area contributed by atoms with Crippen LogP contribution in [-0.2, 0) is 11.3 Å². The van der Waals surface area contributed by atoms with Gasteiger partial charge in [0.1, 0.15) is 24.2 Å². The van der Waals surface area contributed by atoms with E-state index in [4.69, 9.17) is 20.6 Å². The van der Waals surface area contributed by atoms with Gasteiger partial charge in [-0.05, 0) is 72.3 Å². The number of aliphatic hydroxyl groups is 1. The zero-order chi connectivity index (χ0) is 33.0. The molecule has 0 amide bonds. The van der Waals surface area contributed by atoms with Gasteiger partial charge < -0.3 is 19.3 Å². The number of aliphatic hydroxyl groups excluding tert-OH is 1. The number of methoxy groups -OCH3 is 1. The third kappa shape index (κ3) is 23.3. The molecule has 0 aromatic heterocycles. The molecule has 4 heteroatoms. The second-order valence-corrected chi connectivity index (χ2v) is 8.99. The molecule has 1 aromatic carbocycles. The van der Waals surface area contributed by atoms with Gasteiger partial charge in [0.15, 0.2) is 0 Å². The van der Waals surface area contributed by atoms with Crippen LogP contribution in [0.15, 0.2) is 18.2 Å². The summed E-state index contributed by atoms with van der Waals surface area (Å²) < 4.78 is 16.4. The predicted octanol–water partition coefficient (Wildman–Crippen LogP) is 5.11. The number of terminal acetylenes is 1. The van der Waals surface area contributed by atoms with Crippen LogP contribution < -0.4 is 9.47 Å². The molecule has 0 saturated carbocycles. The molecule has 0 bridgehead atoms. The molecule has 1 N–H and O–H groups in total. The largest absolute Gasteiger partial charge is 0.497 e. The van der Waals surface area contributed by atoms with Crippen LogP contribution in [0.1, 0.15) is 69.8 Å². The molecule has 0 saturated heterocycles. The van der Waals surface area contributed by atoms with Crippen molar-refractivity contribution in [2.75, 3.05) is 20.3 Å². The monoisotopic (exact) mass is 602 g/mol. The number of rotatable bonds is 16. The summed E-state index contributed by atoms with van der Waals surface area (Å²) in [4.78, 5) is 0. The topological polar surface area (TPSA) is 47.9 Å². The summed E-state index contributed by atoms with van der Waals surface area (Å²) in [5, 5.41) is 9.45. The highest BCUT2D eigenvalue weighted by Gasteiger charge is 2.05. The van der Waals surface area contributed by atoms with Gasteiger partial charge in [0.2, 0.25) is 0 Å². The van der Waals surface area contributed by atoms with E-state index >= 15 is 0 Å². The van der Waals surface area contributed by atoms with E-state index in [1.165, 1.54) is 38.5 Å². The number of unbranched alkanes of at least 4 members (excludes halogenated alkanes) is 9. The minimum absolute atomic E-state index is 0.0404. The Labute approximate surface area is 276 Å². The van der Waals surface area contributed by atoms with Crippen LogP contribution >= 0.6 is 0 Å². The van der Waals surface area contributed by atoms with Crippen molar-refractivity contribution in [2.45, 2.75) is 70.8 Å². The van der Waals surface area contributed by atoms with Gasteiger partial charge in [-0.3, -0.25) is 0 Å². The highest BCUT2D eigenvalue weighted by atomic mass is 16.5. The normalized spacial score (nSPS) is 7.59. The molecule has 226 valence electrons. The van der Waals surface area contributed by atoms with Crippen LogP contribution in [-0.4, -0.2) is 25.4 Å². The van der Waals surface area contributed by atoms with Crippen molar-refractivity contribution >= 4 is 0 Å². The summed E-state index contributed by atoms with van der Waals surface area (Å²) in [5.74, 6) is 51.4. The predicted molar refractivity (Wildman–Crippen MR) is 183 cm³/mol. The van der Waals surface area contributed by atoms with E-state index in [-0.39, 0.29) is 6.61 Å². The summed E-state index contributed by atoms with van der Waals surface area (Å²) in [6.07, 6.45) is 19.2. The van der Waals surface area contributed by atoms with Crippen LogP contribution in [0, 0.1) is 131 Å². The standard InChI is InChI=1S/C42H34O4/c1-3-4-5-6-7-8-9-10-11-12-13-14-15-16-17-18-21-24-27-30-35-45-36-31-28-25-22-19-20-23-26-29-32-37-46-42-38-41(44-2)34-33-40(42)39-43/h1,33-34,38,43H,19-20,22-23,25-26,28-29,31-32,36-37,39H2,2H3. The molecule has 46 heavy (non-hydrogen) atoms. The Morgan fingerprint density at radius 2 is 0.957 bits per heavy atom. The molecule has 0 spiro atoms. The van der Waals surface area contributed by atoms with E-state index in [1.807, 2.05) is 18.2 Å². The number of benzene rings is 1. The lowest BCUT2D eigenvalue weighted by Gasteiger charge is -2.11. The molecule has 0 fully saturated rings. The quantitative estimate of drug-likeness (QED) is 0.211. The molecular weight excluding hydrogens is 568 g/mol. The van der Waals surface area contributed by atoms with Crippen LogP contribution in [0.5, 0.6) is 11.5 Å². The second kappa shape index (κ2) is 30.2. The average Bonchev–Trinajstić information content (AvgIpc) is 3.08. The third-order valence-electron chi connectivity index (χ3n) is 5.66. The van der Waals surface area contributed by atoms with E-state index in [0.29, 0.717) is 19.0 Å². The minimum atomic E-state index is -0.0404. The average molecular weight is 603 g/mol. The fourth-order valence-corrected chi connectivity index (χ4v) is 3.48. The van der Waals surface area contributed by atoms with Gasteiger partial charge in [0, 0.05) is 82.7 Å². The van der Waals surface area contributed by atoms with Gasteiger partial charge >= 0.3 is 0 Å². The van der Waals surface area contributed by atoms with Crippen molar-refractivity contribution in [3.63, 3.8) is 0 Å². The Kier molecular flexibility index (Phi) is 24.8. The maximum absolute atomic E-state index is 9.45. The van der Waals surface area contributed by atoms with Crippen LogP contribution in [0.3, 0.4) is 0 Å². The molecule has 0 aliphatic rings.